The van der Waals surface area contributed by atoms with Crippen molar-refractivity contribution in [1.29, 1.82) is 0 Å². The fraction of sp³-hybridized carbons (Fsp3) is 0.318. The van der Waals surface area contributed by atoms with Gasteiger partial charge in [0.2, 0.25) is 0 Å². The van der Waals surface area contributed by atoms with E-state index in [4.69, 9.17) is 4.99 Å². The number of halogens is 1. The molecule has 3 rings (SSSR count). The maximum atomic E-state index is 13.1. The van der Waals surface area contributed by atoms with Crippen LogP contribution in [0.15, 0.2) is 59.6 Å². The summed E-state index contributed by atoms with van der Waals surface area (Å²) in [5, 5.41) is 15.1. The fourth-order valence-electron chi connectivity index (χ4n) is 2.90. The summed E-state index contributed by atoms with van der Waals surface area (Å²) in [6.45, 7) is 5.11. The van der Waals surface area contributed by atoms with Gasteiger partial charge < -0.3 is 15.2 Å². The first-order chi connectivity index (χ1) is 14.0. The lowest BCUT2D eigenvalue weighted by molar-refractivity contribution is 0.626. The highest BCUT2D eigenvalue weighted by Crippen LogP contribution is 2.11. The predicted molar refractivity (Wildman–Crippen MR) is 113 cm³/mol. The second-order valence-corrected chi connectivity index (χ2v) is 6.97. The monoisotopic (exact) mass is 394 g/mol. The van der Waals surface area contributed by atoms with E-state index in [1.807, 2.05) is 36.7 Å². The van der Waals surface area contributed by atoms with Gasteiger partial charge in [-0.3, -0.25) is 0 Å². The summed E-state index contributed by atoms with van der Waals surface area (Å²) in [5.74, 6) is 2.13. The minimum Gasteiger partial charge on any atom is -0.356 e. The number of nitrogens with one attached hydrogen (secondary N) is 2. The van der Waals surface area contributed by atoms with Crippen molar-refractivity contribution in [1.82, 2.24) is 25.4 Å². The highest BCUT2D eigenvalue weighted by Gasteiger charge is 2.09. The molecule has 0 spiro atoms. The maximum absolute atomic E-state index is 13.1. The van der Waals surface area contributed by atoms with Crippen LogP contribution in [0.4, 0.5) is 4.39 Å². The number of hydrogen-bond donors (Lipinski definition) is 2. The van der Waals surface area contributed by atoms with E-state index in [1.165, 1.54) is 17.7 Å². The van der Waals surface area contributed by atoms with E-state index in [0.717, 1.165) is 23.6 Å². The van der Waals surface area contributed by atoms with Crippen LogP contribution in [-0.4, -0.2) is 27.3 Å². The Morgan fingerprint density at radius 1 is 1.10 bits per heavy atom. The minimum atomic E-state index is -0.221. The van der Waals surface area contributed by atoms with Crippen LogP contribution in [0, 0.1) is 12.7 Å². The third-order valence-electron chi connectivity index (χ3n) is 4.83. The Balaban J connectivity index is 1.67. The van der Waals surface area contributed by atoms with Crippen LogP contribution in [0.1, 0.15) is 35.7 Å². The van der Waals surface area contributed by atoms with Crippen LogP contribution >= 0.6 is 0 Å². The summed E-state index contributed by atoms with van der Waals surface area (Å²) in [6, 6.07) is 16.9. The van der Waals surface area contributed by atoms with Crippen molar-refractivity contribution in [3.63, 3.8) is 0 Å². The molecular weight excluding hydrogens is 367 g/mol. The summed E-state index contributed by atoms with van der Waals surface area (Å²) < 4.78 is 15.0. The summed E-state index contributed by atoms with van der Waals surface area (Å²) in [7, 11) is 1.93. The molecule has 0 amide bonds. The van der Waals surface area contributed by atoms with Crippen molar-refractivity contribution in [2.24, 2.45) is 12.0 Å². The van der Waals surface area contributed by atoms with Crippen LogP contribution in [0.25, 0.3) is 0 Å². The van der Waals surface area contributed by atoms with Crippen LogP contribution in [0.2, 0.25) is 0 Å². The van der Waals surface area contributed by atoms with Gasteiger partial charge in [-0.15, -0.1) is 10.2 Å². The fourth-order valence-corrected chi connectivity index (χ4v) is 2.90. The van der Waals surface area contributed by atoms with E-state index in [0.29, 0.717) is 19.0 Å². The quantitative estimate of drug-likeness (QED) is 0.477. The van der Waals surface area contributed by atoms with Gasteiger partial charge in [0.25, 0.3) is 0 Å². The Hall–Kier alpha value is -3.22. The first-order valence-corrected chi connectivity index (χ1v) is 9.72. The van der Waals surface area contributed by atoms with Gasteiger partial charge in [-0.1, -0.05) is 42.5 Å². The lowest BCUT2D eigenvalue weighted by Crippen LogP contribution is -2.39. The molecule has 0 radical (unpaired) electrons. The third kappa shape index (κ3) is 5.88. The Labute approximate surface area is 170 Å². The molecule has 1 aromatic heterocycles. The molecule has 0 saturated carbocycles. The van der Waals surface area contributed by atoms with Gasteiger partial charge in [-0.2, -0.15) is 0 Å². The van der Waals surface area contributed by atoms with E-state index in [-0.39, 0.29) is 11.9 Å². The molecule has 29 heavy (non-hydrogen) atoms. The zero-order chi connectivity index (χ0) is 20.6. The molecule has 1 atom stereocenters. The standard InChI is InChI=1S/C22H27FN6/c1-16(19-7-5-4-6-8-19)26-22(25-15-21-28-27-17(2)29(21)3)24-14-13-18-9-11-20(23)12-10-18/h4-12,16H,13-15H2,1-3H3,(H2,24,25,26). The Bertz CT molecular complexity index is 934. The van der Waals surface area contributed by atoms with Gasteiger partial charge >= 0.3 is 0 Å². The number of benzene rings is 2. The number of aromatic nitrogens is 3. The molecule has 0 fully saturated rings. The maximum Gasteiger partial charge on any atom is 0.192 e. The highest BCUT2D eigenvalue weighted by atomic mass is 19.1. The SMILES string of the molecule is Cc1nnc(CN=C(NCCc2ccc(F)cc2)NC(C)c2ccccc2)n1C. The molecule has 0 bridgehead atoms. The number of hydrogen-bond acceptors (Lipinski definition) is 3. The summed E-state index contributed by atoms with van der Waals surface area (Å²) >= 11 is 0. The van der Waals surface area contributed by atoms with E-state index in [1.54, 1.807) is 12.1 Å². The van der Waals surface area contributed by atoms with Crippen molar-refractivity contribution >= 4 is 5.96 Å². The van der Waals surface area contributed by atoms with Gasteiger partial charge in [-0.05, 0) is 43.5 Å². The van der Waals surface area contributed by atoms with Gasteiger partial charge in [0.05, 0.1) is 6.04 Å². The summed E-state index contributed by atoms with van der Waals surface area (Å²) in [5.41, 5.74) is 2.24. The highest BCUT2D eigenvalue weighted by molar-refractivity contribution is 5.80. The molecule has 7 heteroatoms. The Morgan fingerprint density at radius 2 is 1.83 bits per heavy atom. The zero-order valence-corrected chi connectivity index (χ0v) is 17.1. The molecule has 1 unspecified atom stereocenters. The Kier molecular flexibility index (Phi) is 6.94. The first-order valence-electron chi connectivity index (χ1n) is 9.72. The number of nitrogens with zero attached hydrogens (tertiary/aromatic N) is 4. The first kappa shape index (κ1) is 20.5. The lowest BCUT2D eigenvalue weighted by atomic mass is 10.1. The van der Waals surface area contributed by atoms with Crippen molar-refractivity contribution in [2.75, 3.05) is 6.54 Å². The smallest absolute Gasteiger partial charge is 0.192 e. The van der Waals surface area contributed by atoms with Gasteiger partial charge in [0, 0.05) is 13.6 Å². The minimum absolute atomic E-state index is 0.0921. The van der Waals surface area contributed by atoms with Gasteiger partial charge in [-0.25, -0.2) is 9.38 Å². The van der Waals surface area contributed by atoms with E-state index >= 15 is 0 Å². The number of guanidine groups is 1. The van der Waals surface area contributed by atoms with Crippen molar-refractivity contribution in [3.8, 4) is 0 Å². The summed E-state index contributed by atoms with van der Waals surface area (Å²) in [4.78, 5) is 4.69. The topological polar surface area (TPSA) is 67.1 Å². The number of aryl methyl sites for hydroxylation is 1. The number of rotatable bonds is 7. The lowest BCUT2D eigenvalue weighted by Gasteiger charge is -2.19. The average molecular weight is 394 g/mol. The molecule has 2 aromatic carbocycles. The van der Waals surface area contributed by atoms with E-state index in [9.17, 15) is 4.39 Å². The average Bonchev–Trinajstić information content (AvgIpc) is 3.06. The van der Waals surface area contributed by atoms with Crippen LogP contribution < -0.4 is 10.6 Å². The van der Waals surface area contributed by atoms with Crippen molar-refractivity contribution < 1.29 is 4.39 Å². The molecule has 0 aliphatic heterocycles. The van der Waals surface area contributed by atoms with Crippen molar-refractivity contribution in [2.45, 2.75) is 32.9 Å². The second kappa shape index (κ2) is 9.82. The largest absolute Gasteiger partial charge is 0.356 e. The Morgan fingerprint density at radius 3 is 2.48 bits per heavy atom. The second-order valence-electron chi connectivity index (χ2n) is 6.97. The molecule has 3 aromatic rings. The molecule has 6 nitrogen and oxygen atoms in total. The van der Waals surface area contributed by atoms with E-state index in [2.05, 4.69) is 39.9 Å². The van der Waals surface area contributed by atoms with Crippen LogP contribution in [-0.2, 0) is 20.0 Å². The number of aliphatic imine (C=N–C) groups is 1. The third-order valence-corrected chi connectivity index (χ3v) is 4.83. The zero-order valence-electron chi connectivity index (χ0n) is 17.1. The summed E-state index contributed by atoms with van der Waals surface area (Å²) in [6.07, 6.45) is 0.768. The molecule has 0 aliphatic carbocycles. The normalized spacial score (nSPS) is 12.6. The molecule has 0 saturated heterocycles. The van der Waals surface area contributed by atoms with Crippen LogP contribution in [0.5, 0.6) is 0 Å². The molecule has 152 valence electrons. The molecule has 1 heterocycles. The van der Waals surface area contributed by atoms with Gasteiger partial charge in [0.15, 0.2) is 11.8 Å². The van der Waals surface area contributed by atoms with Crippen LogP contribution in [0.3, 0.4) is 0 Å². The van der Waals surface area contributed by atoms with Gasteiger partial charge in [0.1, 0.15) is 18.2 Å². The molecule has 2 N–H and O–H groups in total. The molecule has 0 aliphatic rings. The molecular formula is C22H27FN6. The predicted octanol–water partition coefficient (Wildman–Crippen LogP) is 3.30. The van der Waals surface area contributed by atoms with Crippen molar-refractivity contribution in [3.05, 3.63) is 83.2 Å². The van der Waals surface area contributed by atoms with E-state index < -0.39 is 0 Å².